The summed E-state index contributed by atoms with van der Waals surface area (Å²) in [5, 5.41) is 11.4. The summed E-state index contributed by atoms with van der Waals surface area (Å²) < 4.78 is 1.69. The molecule has 0 saturated carbocycles. The number of aromatic nitrogens is 4. The van der Waals surface area contributed by atoms with Crippen LogP contribution in [0.25, 0.3) is 5.69 Å². The van der Waals surface area contributed by atoms with Gasteiger partial charge >= 0.3 is 0 Å². The molecule has 0 aliphatic carbocycles. The van der Waals surface area contributed by atoms with Crippen molar-refractivity contribution in [1.29, 1.82) is 0 Å². The second kappa shape index (κ2) is 3.35. The number of tetrazole rings is 1. The minimum absolute atomic E-state index is 0.815. The lowest BCUT2D eigenvalue weighted by molar-refractivity contribution is 0.765. The standard InChI is InChI=1S/C9H9N4/c1-2-9-10-11-12-13(9)8-6-4-3-5-7-8/h3-6H,2H2,1H3. The van der Waals surface area contributed by atoms with Gasteiger partial charge in [-0.15, -0.1) is 5.10 Å². The maximum absolute atomic E-state index is 3.89. The Morgan fingerprint density at radius 3 is 3.08 bits per heavy atom. The van der Waals surface area contributed by atoms with E-state index in [1.807, 2.05) is 31.2 Å². The fourth-order valence-corrected chi connectivity index (χ4v) is 1.13. The normalized spacial score (nSPS) is 10.2. The molecule has 13 heavy (non-hydrogen) atoms. The Bertz CT molecular complexity index is 380. The Morgan fingerprint density at radius 2 is 2.38 bits per heavy atom. The summed E-state index contributed by atoms with van der Waals surface area (Å²) in [6.07, 6.45) is 0.815. The number of hydrogen-bond donors (Lipinski definition) is 0. The second-order valence-corrected chi connectivity index (χ2v) is 2.61. The van der Waals surface area contributed by atoms with Crippen molar-refractivity contribution < 1.29 is 0 Å². The highest BCUT2D eigenvalue weighted by Crippen LogP contribution is 2.05. The highest BCUT2D eigenvalue weighted by atomic mass is 15.5. The summed E-state index contributed by atoms with van der Waals surface area (Å²) >= 11 is 0. The molecule has 0 amide bonds. The van der Waals surface area contributed by atoms with Gasteiger partial charge < -0.3 is 0 Å². The van der Waals surface area contributed by atoms with E-state index < -0.39 is 0 Å². The van der Waals surface area contributed by atoms with Gasteiger partial charge in [-0.25, -0.2) is 0 Å². The van der Waals surface area contributed by atoms with Crippen molar-refractivity contribution in [3.8, 4) is 5.69 Å². The van der Waals surface area contributed by atoms with E-state index in [0.717, 1.165) is 17.9 Å². The van der Waals surface area contributed by atoms with Gasteiger partial charge in [0.2, 0.25) is 0 Å². The summed E-state index contributed by atoms with van der Waals surface area (Å²) in [7, 11) is 0. The maximum Gasteiger partial charge on any atom is 0.156 e. The molecule has 0 spiro atoms. The molecule has 0 aliphatic heterocycles. The van der Waals surface area contributed by atoms with E-state index in [0.29, 0.717) is 0 Å². The molecule has 0 atom stereocenters. The molecule has 1 radical (unpaired) electrons. The Balaban J connectivity index is 2.47. The van der Waals surface area contributed by atoms with Gasteiger partial charge in [0.1, 0.15) is 0 Å². The molecule has 1 aromatic carbocycles. The van der Waals surface area contributed by atoms with Crippen LogP contribution in [0.5, 0.6) is 0 Å². The van der Waals surface area contributed by atoms with Gasteiger partial charge in [0.25, 0.3) is 0 Å². The minimum Gasteiger partial charge on any atom is -0.197 e. The number of rotatable bonds is 2. The molecule has 2 aromatic rings. The zero-order chi connectivity index (χ0) is 9.10. The van der Waals surface area contributed by atoms with E-state index in [1.165, 1.54) is 0 Å². The minimum atomic E-state index is 0.815. The van der Waals surface area contributed by atoms with E-state index in [9.17, 15) is 0 Å². The van der Waals surface area contributed by atoms with Gasteiger partial charge in [0, 0.05) is 12.5 Å². The molecule has 4 nitrogen and oxygen atoms in total. The first kappa shape index (κ1) is 7.91. The first-order valence-electron chi connectivity index (χ1n) is 4.16. The first-order valence-corrected chi connectivity index (χ1v) is 4.16. The fraction of sp³-hybridized carbons (Fsp3) is 0.222. The molecule has 0 fully saturated rings. The van der Waals surface area contributed by atoms with Crippen LogP contribution in [-0.4, -0.2) is 20.2 Å². The first-order chi connectivity index (χ1) is 6.42. The van der Waals surface area contributed by atoms with Crippen LogP contribution in [0.2, 0.25) is 0 Å². The van der Waals surface area contributed by atoms with E-state index in [1.54, 1.807) is 4.68 Å². The summed E-state index contributed by atoms with van der Waals surface area (Å²) in [6, 6.07) is 10.7. The quantitative estimate of drug-likeness (QED) is 0.681. The molecule has 4 heteroatoms. The zero-order valence-corrected chi connectivity index (χ0v) is 7.31. The third-order valence-electron chi connectivity index (χ3n) is 1.77. The average Bonchev–Trinajstić information content (AvgIpc) is 2.67. The fourth-order valence-electron chi connectivity index (χ4n) is 1.13. The van der Waals surface area contributed by atoms with Crippen LogP contribution in [0.15, 0.2) is 24.3 Å². The monoisotopic (exact) mass is 173 g/mol. The van der Waals surface area contributed by atoms with Crippen LogP contribution < -0.4 is 0 Å². The Labute approximate surface area is 76.2 Å². The molecule has 0 aliphatic rings. The summed E-state index contributed by atoms with van der Waals surface area (Å²) in [5.41, 5.74) is 0.879. The molecular formula is C9H9N4. The Morgan fingerprint density at radius 1 is 1.46 bits per heavy atom. The lowest BCUT2D eigenvalue weighted by Gasteiger charge is -2.00. The second-order valence-electron chi connectivity index (χ2n) is 2.61. The summed E-state index contributed by atoms with van der Waals surface area (Å²) in [5.74, 6) is 0.849. The van der Waals surface area contributed by atoms with Crippen LogP contribution in [0.4, 0.5) is 0 Å². The third kappa shape index (κ3) is 1.42. The number of benzene rings is 1. The highest BCUT2D eigenvalue weighted by molar-refractivity contribution is 5.28. The topological polar surface area (TPSA) is 43.6 Å². The molecule has 2 rings (SSSR count). The highest BCUT2D eigenvalue weighted by Gasteiger charge is 2.04. The maximum atomic E-state index is 3.89. The predicted octanol–water partition coefficient (Wildman–Crippen LogP) is 1.02. The van der Waals surface area contributed by atoms with Crippen molar-refractivity contribution in [1.82, 2.24) is 20.2 Å². The van der Waals surface area contributed by atoms with Gasteiger partial charge in [0.15, 0.2) is 5.82 Å². The van der Waals surface area contributed by atoms with Crippen LogP contribution in [0.3, 0.4) is 0 Å². The van der Waals surface area contributed by atoms with Crippen LogP contribution in [-0.2, 0) is 6.42 Å². The van der Waals surface area contributed by atoms with Crippen molar-refractivity contribution in [2.24, 2.45) is 0 Å². The number of aryl methyl sites for hydroxylation is 1. The van der Waals surface area contributed by atoms with Gasteiger partial charge in [0.05, 0.1) is 5.69 Å². The molecule has 0 saturated heterocycles. The van der Waals surface area contributed by atoms with Crippen LogP contribution >= 0.6 is 0 Å². The predicted molar refractivity (Wildman–Crippen MR) is 47.4 cm³/mol. The van der Waals surface area contributed by atoms with Gasteiger partial charge in [-0.1, -0.05) is 25.1 Å². The molecule has 1 aromatic heterocycles. The Kier molecular flexibility index (Phi) is 2.04. The van der Waals surface area contributed by atoms with Crippen molar-refractivity contribution in [3.63, 3.8) is 0 Å². The van der Waals surface area contributed by atoms with Crippen molar-refractivity contribution in [2.75, 3.05) is 0 Å². The number of nitrogens with zero attached hydrogens (tertiary/aromatic N) is 4. The van der Waals surface area contributed by atoms with Crippen molar-refractivity contribution >= 4 is 0 Å². The molecule has 65 valence electrons. The van der Waals surface area contributed by atoms with Crippen molar-refractivity contribution in [2.45, 2.75) is 13.3 Å². The van der Waals surface area contributed by atoms with E-state index in [-0.39, 0.29) is 0 Å². The molecule has 0 N–H and O–H groups in total. The smallest absolute Gasteiger partial charge is 0.156 e. The van der Waals surface area contributed by atoms with Crippen LogP contribution in [0.1, 0.15) is 12.7 Å². The average molecular weight is 173 g/mol. The van der Waals surface area contributed by atoms with E-state index in [4.69, 9.17) is 0 Å². The zero-order valence-electron chi connectivity index (χ0n) is 7.31. The van der Waals surface area contributed by atoms with Gasteiger partial charge in [-0.3, -0.25) is 0 Å². The van der Waals surface area contributed by atoms with Crippen LogP contribution in [0, 0.1) is 6.07 Å². The molecule has 0 bridgehead atoms. The van der Waals surface area contributed by atoms with E-state index >= 15 is 0 Å². The number of para-hydroxylation sites is 1. The molecule has 0 unspecified atom stereocenters. The lowest BCUT2D eigenvalue weighted by atomic mass is 10.3. The summed E-state index contributed by atoms with van der Waals surface area (Å²) in [4.78, 5) is 0. The largest absolute Gasteiger partial charge is 0.197 e. The van der Waals surface area contributed by atoms with Crippen molar-refractivity contribution in [3.05, 3.63) is 36.2 Å². The van der Waals surface area contributed by atoms with Gasteiger partial charge in [-0.2, -0.15) is 4.68 Å². The number of hydrogen-bond acceptors (Lipinski definition) is 3. The SMILES string of the molecule is CCc1nnnn1-c1[c]cccc1. The summed E-state index contributed by atoms with van der Waals surface area (Å²) in [6.45, 7) is 2.02. The lowest BCUT2D eigenvalue weighted by Crippen LogP contribution is -2.01. The van der Waals surface area contributed by atoms with Gasteiger partial charge in [-0.05, 0) is 16.5 Å². The van der Waals surface area contributed by atoms with E-state index in [2.05, 4.69) is 21.6 Å². The molecular weight excluding hydrogens is 164 g/mol. The molecule has 1 heterocycles. The third-order valence-corrected chi connectivity index (χ3v) is 1.77. The Hall–Kier alpha value is -1.71.